The molecule has 1 aliphatic rings. The van der Waals surface area contributed by atoms with Crippen LogP contribution in [0.3, 0.4) is 0 Å². The number of nitrogens with one attached hydrogen (secondary N) is 1. The maximum Gasteiger partial charge on any atom is 0.176 e. The van der Waals surface area contributed by atoms with E-state index in [4.69, 9.17) is 4.74 Å². The highest BCUT2D eigenvalue weighted by molar-refractivity contribution is 5.54. The molecule has 0 radical (unpaired) electrons. The standard InChI is InChI=1S/C20H29N5O/c1-14(2)12-25-18(22-23-24-25)20(6,13-19(3,4)5)21-16-8-7-15-9-10-26-17(15)11-16/h7-8,11,21H,1,9-10,12-13H2,2-6H3. The molecule has 0 spiro atoms. The van der Waals surface area contributed by atoms with Crippen molar-refractivity contribution < 1.29 is 4.74 Å². The zero-order chi connectivity index (χ0) is 18.9. The van der Waals surface area contributed by atoms with E-state index in [0.717, 1.165) is 42.3 Å². The first kappa shape index (κ1) is 18.4. The fourth-order valence-electron chi connectivity index (χ4n) is 3.76. The summed E-state index contributed by atoms with van der Waals surface area (Å²) in [5.74, 6) is 1.78. The van der Waals surface area contributed by atoms with Gasteiger partial charge in [0, 0.05) is 18.2 Å². The normalized spacial score (nSPS) is 15.9. The highest BCUT2D eigenvalue weighted by Gasteiger charge is 2.37. The number of hydrogen-bond acceptors (Lipinski definition) is 5. The fourth-order valence-corrected chi connectivity index (χ4v) is 3.76. The van der Waals surface area contributed by atoms with Crippen LogP contribution in [0.2, 0.25) is 0 Å². The van der Waals surface area contributed by atoms with Crippen molar-refractivity contribution in [3.63, 3.8) is 0 Å². The molecule has 2 heterocycles. The monoisotopic (exact) mass is 355 g/mol. The molecule has 0 saturated carbocycles. The van der Waals surface area contributed by atoms with Gasteiger partial charge in [0.1, 0.15) is 5.75 Å². The van der Waals surface area contributed by atoms with Gasteiger partial charge in [-0.25, -0.2) is 4.68 Å². The van der Waals surface area contributed by atoms with Gasteiger partial charge in [0.15, 0.2) is 5.82 Å². The lowest BCUT2D eigenvalue weighted by Gasteiger charge is -2.36. The van der Waals surface area contributed by atoms with E-state index in [0.29, 0.717) is 6.54 Å². The Kier molecular flexibility index (Phi) is 4.78. The molecule has 1 unspecified atom stereocenters. The minimum atomic E-state index is -0.427. The van der Waals surface area contributed by atoms with Crippen molar-refractivity contribution in [1.82, 2.24) is 20.2 Å². The maximum absolute atomic E-state index is 5.72. The molecular formula is C20H29N5O. The summed E-state index contributed by atoms with van der Waals surface area (Å²) >= 11 is 0. The number of aromatic nitrogens is 4. The van der Waals surface area contributed by atoms with Crippen LogP contribution in [-0.4, -0.2) is 26.8 Å². The summed E-state index contributed by atoms with van der Waals surface area (Å²) in [7, 11) is 0. The zero-order valence-electron chi connectivity index (χ0n) is 16.5. The van der Waals surface area contributed by atoms with Crippen molar-refractivity contribution in [2.24, 2.45) is 5.41 Å². The van der Waals surface area contributed by atoms with Crippen LogP contribution >= 0.6 is 0 Å². The third-order valence-corrected chi connectivity index (χ3v) is 4.45. The van der Waals surface area contributed by atoms with E-state index in [1.807, 2.05) is 11.6 Å². The SMILES string of the molecule is C=C(C)Cn1nnnc1C(C)(CC(C)(C)C)Nc1ccc2c(c1)OCC2. The molecule has 1 atom stereocenters. The third kappa shape index (κ3) is 4.06. The molecule has 0 amide bonds. The van der Waals surface area contributed by atoms with Gasteiger partial charge in [0.05, 0.1) is 18.7 Å². The average Bonchev–Trinajstić information content (AvgIpc) is 3.13. The number of tetrazole rings is 1. The van der Waals surface area contributed by atoms with Crippen LogP contribution in [0.5, 0.6) is 5.75 Å². The zero-order valence-corrected chi connectivity index (χ0v) is 16.5. The smallest absolute Gasteiger partial charge is 0.176 e. The number of ether oxygens (including phenoxy) is 1. The number of hydrogen-bond donors (Lipinski definition) is 1. The Morgan fingerprint density at radius 2 is 2.08 bits per heavy atom. The number of allylic oxidation sites excluding steroid dienone is 1. The molecular weight excluding hydrogens is 326 g/mol. The van der Waals surface area contributed by atoms with Crippen molar-refractivity contribution in [2.75, 3.05) is 11.9 Å². The van der Waals surface area contributed by atoms with Crippen LogP contribution < -0.4 is 10.1 Å². The van der Waals surface area contributed by atoms with Gasteiger partial charge in [-0.2, -0.15) is 0 Å². The van der Waals surface area contributed by atoms with Gasteiger partial charge in [-0.1, -0.05) is 39.0 Å². The first-order chi connectivity index (χ1) is 12.2. The summed E-state index contributed by atoms with van der Waals surface area (Å²) in [6.45, 7) is 16.2. The maximum atomic E-state index is 5.72. The van der Waals surface area contributed by atoms with Crippen molar-refractivity contribution in [3.8, 4) is 5.75 Å². The second-order valence-electron chi connectivity index (χ2n) is 8.73. The molecule has 0 fully saturated rings. The average molecular weight is 355 g/mol. The van der Waals surface area contributed by atoms with E-state index >= 15 is 0 Å². The molecule has 140 valence electrons. The summed E-state index contributed by atoms with van der Waals surface area (Å²) < 4.78 is 7.56. The molecule has 26 heavy (non-hydrogen) atoms. The summed E-state index contributed by atoms with van der Waals surface area (Å²) in [4.78, 5) is 0. The molecule has 0 aliphatic carbocycles. The lowest BCUT2D eigenvalue weighted by Crippen LogP contribution is -2.39. The highest BCUT2D eigenvalue weighted by atomic mass is 16.5. The number of fused-ring (bicyclic) bond motifs is 1. The van der Waals surface area contributed by atoms with Crippen LogP contribution in [-0.2, 0) is 18.5 Å². The second-order valence-corrected chi connectivity index (χ2v) is 8.73. The Morgan fingerprint density at radius 1 is 1.31 bits per heavy atom. The Morgan fingerprint density at radius 3 is 2.77 bits per heavy atom. The number of anilines is 1. The molecule has 0 saturated heterocycles. The predicted molar refractivity (Wildman–Crippen MR) is 103 cm³/mol. The van der Waals surface area contributed by atoms with Gasteiger partial charge < -0.3 is 10.1 Å². The molecule has 0 bridgehead atoms. The Hall–Kier alpha value is -2.37. The number of rotatable bonds is 6. The van der Waals surface area contributed by atoms with Gasteiger partial charge in [-0.15, -0.1) is 5.10 Å². The minimum Gasteiger partial charge on any atom is -0.493 e. The second kappa shape index (κ2) is 6.74. The van der Waals surface area contributed by atoms with Crippen LogP contribution in [0.1, 0.15) is 52.4 Å². The summed E-state index contributed by atoms with van der Waals surface area (Å²) in [5, 5.41) is 16.2. The van der Waals surface area contributed by atoms with Crippen molar-refractivity contribution in [3.05, 3.63) is 41.7 Å². The molecule has 1 N–H and O–H groups in total. The Labute approximate surface area is 155 Å². The minimum absolute atomic E-state index is 0.0922. The highest BCUT2D eigenvalue weighted by Crippen LogP contribution is 2.38. The first-order valence-electron chi connectivity index (χ1n) is 9.11. The van der Waals surface area contributed by atoms with Gasteiger partial charge >= 0.3 is 0 Å². The van der Waals surface area contributed by atoms with Gasteiger partial charge in [-0.3, -0.25) is 0 Å². The predicted octanol–water partition coefficient (Wildman–Crippen LogP) is 3.95. The van der Waals surface area contributed by atoms with Crippen LogP contribution in [0, 0.1) is 5.41 Å². The van der Waals surface area contributed by atoms with E-state index in [1.165, 1.54) is 5.56 Å². The van der Waals surface area contributed by atoms with Gasteiger partial charge in [0.25, 0.3) is 0 Å². The molecule has 3 rings (SSSR count). The molecule has 2 aromatic rings. The van der Waals surface area contributed by atoms with Crippen LogP contribution in [0.15, 0.2) is 30.4 Å². The quantitative estimate of drug-likeness (QED) is 0.795. The molecule has 6 heteroatoms. The largest absolute Gasteiger partial charge is 0.493 e. The van der Waals surface area contributed by atoms with Crippen molar-refractivity contribution >= 4 is 5.69 Å². The molecule has 1 aliphatic heterocycles. The topological polar surface area (TPSA) is 64.9 Å². The van der Waals surface area contributed by atoms with Crippen molar-refractivity contribution in [2.45, 2.75) is 59.5 Å². The molecule has 1 aromatic heterocycles. The van der Waals surface area contributed by atoms with E-state index < -0.39 is 5.54 Å². The number of nitrogens with zero attached hydrogens (tertiary/aromatic N) is 4. The Bertz CT molecular complexity index is 805. The van der Waals surface area contributed by atoms with E-state index in [1.54, 1.807) is 0 Å². The third-order valence-electron chi connectivity index (χ3n) is 4.45. The van der Waals surface area contributed by atoms with E-state index in [-0.39, 0.29) is 5.41 Å². The van der Waals surface area contributed by atoms with Gasteiger partial charge in [0.2, 0.25) is 0 Å². The van der Waals surface area contributed by atoms with Crippen LogP contribution in [0.25, 0.3) is 0 Å². The summed E-state index contributed by atoms with van der Waals surface area (Å²) in [5.41, 5.74) is 2.96. The lowest BCUT2D eigenvalue weighted by molar-refractivity contribution is 0.274. The first-order valence-corrected chi connectivity index (χ1v) is 9.11. The van der Waals surface area contributed by atoms with Crippen LogP contribution in [0.4, 0.5) is 5.69 Å². The van der Waals surface area contributed by atoms with E-state index in [9.17, 15) is 0 Å². The molecule has 1 aromatic carbocycles. The summed E-state index contributed by atoms with van der Waals surface area (Å²) in [6, 6.07) is 6.33. The number of benzene rings is 1. The Balaban J connectivity index is 1.97. The van der Waals surface area contributed by atoms with E-state index in [2.05, 4.69) is 73.3 Å². The fraction of sp³-hybridized carbons (Fsp3) is 0.550. The van der Waals surface area contributed by atoms with Crippen molar-refractivity contribution in [1.29, 1.82) is 0 Å². The lowest BCUT2D eigenvalue weighted by atomic mass is 9.80. The summed E-state index contributed by atoms with van der Waals surface area (Å²) in [6.07, 6.45) is 1.85. The molecule has 6 nitrogen and oxygen atoms in total. The van der Waals surface area contributed by atoms with Gasteiger partial charge in [-0.05, 0) is 47.7 Å².